The summed E-state index contributed by atoms with van der Waals surface area (Å²) in [6.07, 6.45) is 2.62. The Morgan fingerprint density at radius 3 is 2.65 bits per heavy atom. The van der Waals surface area contributed by atoms with Gasteiger partial charge in [0.15, 0.2) is 0 Å². The van der Waals surface area contributed by atoms with Crippen LogP contribution in [0.3, 0.4) is 0 Å². The smallest absolute Gasteiger partial charge is 0.137 e. The predicted molar refractivity (Wildman–Crippen MR) is 79.1 cm³/mol. The quantitative estimate of drug-likeness (QED) is 0.897. The monoisotopic (exact) mass is 269 g/mol. The highest BCUT2D eigenvalue weighted by Gasteiger charge is 2.25. The highest BCUT2D eigenvalue weighted by atomic mass is 16.3. The normalized spacial score (nSPS) is 17.3. The average Bonchev–Trinajstić information content (AvgIpc) is 2.82. The van der Waals surface area contributed by atoms with Crippen molar-refractivity contribution in [3.63, 3.8) is 0 Å². The minimum Gasteiger partial charge on any atom is -0.387 e. The Morgan fingerprint density at radius 1 is 1.20 bits per heavy atom. The fourth-order valence-electron chi connectivity index (χ4n) is 2.57. The maximum atomic E-state index is 9.85. The van der Waals surface area contributed by atoms with E-state index < -0.39 is 6.10 Å². The molecule has 1 aliphatic carbocycles. The Balaban J connectivity index is 1.85. The third-order valence-electron chi connectivity index (χ3n) is 3.80. The lowest BCUT2D eigenvalue weighted by Gasteiger charge is -2.11. The summed E-state index contributed by atoms with van der Waals surface area (Å²) in [6, 6.07) is 8.39. The molecule has 2 N–H and O–H groups in total. The van der Waals surface area contributed by atoms with Crippen LogP contribution in [0.2, 0.25) is 0 Å². The fraction of sp³-hybridized carbons (Fsp3) is 0.375. The number of hydrogen-bond donors (Lipinski definition) is 2. The van der Waals surface area contributed by atoms with Crippen molar-refractivity contribution in [3.8, 4) is 0 Å². The highest BCUT2D eigenvalue weighted by Crippen LogP contribution is 2.33. The summed E-state index contributed by atoms with van der Waals surface area (Å²) in [5.74, 6) is 1.34. The lowest BCUT2D eigenvalue weighted by atomic mass is 10.0. The molecule has 1 unspecified atom stereocenters. The first-order valence-corrected chi connectivity index (χ1v) is 7.04. The molecule has 0 aliphatic heterocycles. The van der Waals surface area contributed by atoms with Crippen LogP contribution in [0, 0.1) is 0 Å². The van der Waals surface area contributed by atoms with Gasteiger partial charge in [-0.05, 0) is 36.5 Å². The topological polar surface area (TPSA) is 58.0 Å². The number of nitrogens with zero attached hydrogens (tertiary/aromatic N) is 2. The van der Waals surface area contributed by atoms with Gasteiger partial charge in [-0.15, -0.1) is 0 Å². The molecule has 1 heterocycles. The molecule has 1 aliphatic rings. The van der Waals surface area contributed by atoms with Crippen LogP contribution >= 0.6 is 0 Å². The van der Waals surface area contributed by atoms with Crippen LogP contribution in [0.4, 0.5) is 11.5 Å². The van der Waals surface area contributed by atoms with Gasteiger partial charge in [0, 0.05) is 11.3 Å². The van der Waals surface area contributed by atoms with E-state index in [9.17, 15) is 5.11 Å². The Hall–Kier alpha value is -1.94. The summed E-state index contributed by atoms with van der Waals surface area (Å²) in [7, 11) is 0. The van der Waals surface area contributed by atoms with E-state index in [-0.39, 0.29) is 0 Å². The zero-order valence-corrected chi connectivity index (χ0v) is 11.8. The minimum atomic E-state index is -0.447. The molecule has 4 heteroatoms. The molecule has 4 nitrogen and oxygen atoms in total. The van der Waals surface area contributed by atoms with E-state index >= 15 is 0 Å². The molecule has 2 aromatic rings. The molecule has 0 saturated carbocycles. The molecule has 0 amide bonds. The lowest BCUT2D eigenvalue weighted by molar-refractivity contribution is 0.175. The van der Waals surface area contributed by atoms with Gasteiger partial charge >= 0.3 is 0 Å². The van der Waals surface area contributed by atoms with Crippen LogP contribution < -0.4 is 5.32 Å². The van der Waals surface area contributed by atoms with Crippen molar-refractivity contribution in [2.75, 3.05) is 5.32 Å². The first-order valence-electron chi connectivity index (χ1n) is 7.04. The fourth-order valence-corrected chi connectivity index (χ4v) is 2.57. The summed E-state index contributed by atoms with van der Waals surface area (Å²) in [5.41, 5.74) is 4.13. The summed E-state index contributed by atoms with van der Waals surface area (Å²) >= 11 is 0. The Morgan fingerprint density at radius 2 is 1.95 bits per heavy atom. The molecule has 3 rings (SSSR count). The molecule has 20 heavy (non-hydrogen) atoms. The van der Waals surface area contributed by atoms with Crippen LogP contribution in [0.5, 0.6) is 0 Å². The second-order valence-corrected chi connectivity index (χ2v) is 5.54. The number of aromatic nitrogens is 2. The van der Waals surface area contributed by atoms with Gasteiger partial charge in [0.1, 0.15) is 12.1 Å². The second kappa shape index (κ2) is 5.21. The van der Waals surface area contributed by atoms with E-state index in [1.807, 2.05) is 0 Å². The van der Waals surface area contributed by atoms with Crippen molar-refractivity contribution < 1.29 is 5.11 Å². The molecule has 1 atom stereocenters. The molecule has 1 aromatic carbocycles. The Bertz CT molecular complexity index is 608. The average molecular weight is 269 g/mol. The van der Waals surface area contributed by atoms with Crippen molar-refractivity contribution in [1.29, 1.82) is 0 Å². The molecular formula is C16H19N3O. The van der Waals surface area contributed by atoms with Crippen LogP contribution in [-0.2, 0) is 6.42 Å². The van der Waals surface area contributed by atoms with Crippen LogP contribution in [-0.4, -0.2) is 15.1 Å². The summed E-state index contributed by atoms with van der Waals surface area (Å²) in [5, 5.41) is 13.2. The van der Waals surface area contributed by atoms with Crippen LogP contribution in [0.1, 0.15) is 49.1 Å². The Labute approximate surface area is 118 Å². The van der Waals surface area contributed by atoms with Gasteiger partial charge < -0.3 is 10.4 Å². The number of aliphatic hydroxyl groups is 1. The summed E-state index contributed by atoms with van der Waals surface area (Å²) in [6.45, 7) is 4.36. The van der Waals surface area contributed by atoms with Crippen molar-refractivity contribution in [2.45, 2.75) is 38.7 Å². The number of hydrogen-bond acceptors (Lipinski definition) is 4. The van der Waals surface area contributed by atoms with E-state index in [4.69, 9.17) is 0 Å². The van der Waals surface area contributed by atoms with E-state index in [1.165, 1.54) is 11.9 Å². The number of nitrogens with one attached hydrogen (secondary N) is 1. The molecule has 0 radical (unpaired) electrons. The predicted octanol–water partition coefficient (Wildman–Crippen LogP) is 3.32. The van der Waals surface area contributed by atoms with Crippen molar-refractivity contribution in [3.05, 3.63) is 47.4 Å². The van der Waals surface area contributed by atoms with Crippen molar-refractivity contribution >= 4 is 11.5 Å². The first-order chi connectivity index (χ1) is 9.65. The molecule has 0 saturated heterocycles. The van der Waals surface area contributed by atoms with Crippen molar-refractivity contribution in [1.82, 2.24) is 9.97 Å². The maximum Gasteiger partial charge on any atom is 0.137 e. The van der Waals surface area contributed by atoms with Gasteiger partial charge in [0.2, 0.25) is 0 Å². The third-order valence-corrected chi connectivity index (χ3v) is 3.80. The standard InChI is InChI=1S/C16H19N3O/c1-10(2)11-3-5-12(6-4-11)19-16-13-7-8-14(20)15(13)17-9-18-16/h3-6,9-10,14,20H,7-8H2,1-2H3,(H,17,18,19). The first kappa shape index (κ1) is 13.1. The second-order valence-electron chi connectivity index (χ2n) is 5.54. The summed E-state index contributed by atoms with van der Waals surface area (Å²) in [4.78, 5) is 8.48. The highest BCUT2D eigenvalue weighted by molar-refractivity contribution is 5.61. The zero-order chi connectivity index (χ0) is 14.1. The van der Waals surface area contributed by atoms with E-state index in [1.54, 1.807) is 0 Å². The van der Waals surface area contributed by atoms with Gasteiger partial charge in [0.25, 0.3) is 0 Å². The number of benzene rings is 1. The van der Waals surface area contributed by atoms with Gasteiger partial charge in [0.05, 0.1) is 11.8 Å². The van der Waals surface area contributed by atoms with E-state index in [2.05, 4.69) is 53.4 Å². The third kappa shape index (κ3) is 2.39. The van der Waals surface area contributed by atoms with Gasteiger partial charge in [-0.25, -0.2) is 9.97 Å². The van der Waals surface area contributed by atoms with Crippen molar-refractivity contribution in [2.24, 2.45) is 0 Å². The minimum absolute atomic E-state index is 0.447. The molecule has 0 spiro atoms. The molecular weight excluding hydrogens is 250 g/mol. The van der Waals surface area contributed by atoms with Gasteiger partial charge in [-0.3, -0.25) is 0 Å². The van der Waals surface area contributed by atoms with E-state index in [0.29, 0.717) is 5.92 Å². The maximum absolute atomic E-state index is 9.85. The Kier molecular flexibility index (Phi) is 3.40. The largest absolute Gasteiger partial charge is 0.387 e. The molecule has 0 fully saturated rings. The lowest BCUT2D eigenvalue weighted by Crippen LogP contribution is -2.02. The molecule has 0 bridgehead atoms. The van der Waals surface area contributed by atoms with Crippen LogP contribution in [0.15, 0.2) is 30.6 Å². The number of fused-ring (bicyclic) bond motifs is 1. The molecule has 1 aromatic heterocycles. The SMILES string of the molecule is CC(C)c1ccc(Nc2ncnc3c2CCC3O)cc1. The molecule has 104 valence electrons. The number of aliphatic hydroxyl groups excluding tert-OH is 1. The van der Waals surface area contributed by atoms with E-state index in [0.717, 1.165) is 35.6 Å². The number of anilines is 2. The zero-order valence-electron chi connectivity index (χ0n) is 11.8. The van der Waals surface area contributed by atoms with Crippen LogP contribution in [0.25, 0.3) is 0 Å². The van der Waals surface area contributed by atoms with Gasteiger partial charge in [-0.1, -0.05) is 26.0 Å². The van der Waals surface area contributed by atoms with Gasteiger partial charge in [-0.2, -0.15) is 0 Å². The summed E-state index contributed by atoms with van der Waals surface area (Å²) < 4.78 is 0. The number of rotatable bonds is 3.